The molecule has 0 aromatic carbocycles. The van der Waals surface area contributed by atoms with Crippen LogP contribution < -0.4 is 5.32 Å². The first-order valence-electron chi connectivity index (χ1n) is 6.43. The molecule has 0 radical (unpaired) electrons. The molecular weight excluding hydrogens is 264 g/mol. The van der Waals surface area contributed by atoms with Gasteiger partial charge < -0.3 is 10.2 Å². The van der Waals surface area contributed by atoms with Crippen molar-refractivity contribution in [3.63, 3.8) is 0 Å². The highest BCUT2D eigenvalue weighted by Crippen LogP contribution is 2.26. The molecule has 1 saturated heterocycles. The summed E-state index contributed by atoms with van der Waals surface area (Å²) < 4.78 is 50.8. The first-order chi connectivity index (χ1) is 8.75. The van der Waals surface area contributed by atoms with Gasteiger partial charge in [-0.05, 0) is 25.3 Å². The van der Waals surface area contributed by atoms with Crippen LogP contribution in [0.25, 0.3) is 0 Å². The van der Waals surface area contributed by atoms with Gasteiger partial charge in [0.15, 0.2) is 0 Å². The third-order valence-electron chi connectivity index (χ3n) is 3.04. The molecule has 1 heterocycles. The van der Waals surface area contributed by atoms with Crippen molar-refractivity contribution in [2.75, 3.05) is 19.6 Å². The highest BCUT2D eigenvalue weighted by molar-refractivity contribution is 5.84. The summed E-state index contributed by atoms with van der Waals surface area (Å²) in [6.07, 6.45) is -2.30. The van der Waals surface area contributed by atoms with Crippen LogP contribution in [0.5, 0.6) is 0 Å². The number of hydrogen-bond donors (Lipinski definition) is 1. The normalized spacial score (nSPS) is 20.3. The van der Waals surface area contributed by atoms with E-state index in [2.05, 4.69) is 5.32 Å². The summed E-state index contributed by atoms with van der Waals surface area (Å²) in [6, 6.07) is -0.0869. The van der Waals surface area contributed by atoms with Crippen LogP contribution in [0.3, 0.4) is 0 Å². The highest BCUT2D eigenvalue weighted by atomic mass is 19.3. The molecule has 1 aliphatic rings. The van der Waals surface area contributed by atoms with Crippen LogP contribution in [-0.2, 0) is 4.79 Å². The molecule has 1 aliphatic heterocycles. The molecule has 0 bridgehead atoms. The Labute approximate surface area is 110 Å². The van der Waals surface area contributed by atoms with E-state index in [1.165, 1.54) is 0 Å². The second-order valence-electron chi connectivity index (χ2n) is 5.32. The first kappa shape index (κ1) is 16.2. The summed E-state index contributed by atoms with van der Waals surface area (Å²) in [5.74, 6) is -6.43. The Morgan fingerprint density at radius 2 is 2.05 bits per heavy atom. The summed E-state index contributed by atoms with van der Waals surface area (Å²) in [5, 5.41) is 3.07. The van der Waals surface area contributed by atoms with Crippen LogP contribution in [0.15, 0.2) is 0 Å². The molecule has 1 fully saturated rings. The Morgan fingerprint density at radius 3 is 2.47 bits per heavy atom. The molecule has 0 aromatic rings. The zero-order chi connectivity index (χ0) is 14.6. The Bertz CT molecular complexity index is 304. The summed E-state index contributed by atoms with van der Waals surface area (Å²) in [5.41, 5.74) is 0. The summed E-state index contributed by atoms with van der Waals surface area (Å²) in [4.78, 5) is 12.5. The van der Waals surface area contributed by atoms with Gasteiger partial charge in [-0.1, -0.05) is 13.8 Å². The number of halogens is 4. The number of amides is 1. The molecular formula is C12H20F4N2O. The average Bonchev–Trinajstić information content (AvgIpc) is 2.79. The topological polar surface area (TPSA) is 32.3 Å². The molecule has 0 aliphatic carbocycles. The summed E-state index contributed by atoms with van der Waals surface area (Å²) in [7, 11) is 0. The van der Waals surface area contributed by atoms with Crippen molar-refractivity contribution in [2.24, 2.45) is 5.92 Å². The second kappa shape index (κ2) is 6.54. The van der Waals surface area contributed by atoms with Crippen molar-refractivity contribution in [3.8, 4) is 0 Å². The molecule has 7 heteroatoms. The van der Waals surface area contributed by atoms with Crippen LogP contribution >= 0.6 is 0 Å². The van der Waals surface area contributed by atoms with Gasteiger partial charge in [-0.2, -0.15) is 8.78 Å². The minimum atomic E-state index is -4.60. The lowest BCUT2D eigenvalue weighted by Crippen LogP contribution is -2.52. The zero-order valence-corrected chi connectivity index (χ0v) is 11.1. The maximum atomic E-state index is 13.2. The van der Waals surface area contributed by atoms with Crippen molar-refractivity contribution in [3.05, 3.63) is 0 Å². The summed E-state index contributed by atoms with van der Waals surface area (Å²) >= 11 is 0. The zero-order valence-electron chi connectivity index (χ0n) is 11.1. The fourth-order valence-corrected chi connectivity index (χ4v) is 2.16. The lowest BCUT2D eigenvalue weighted by atomic mass is 10.1. The Balaban J connectivity index is 2.74. The van der Waals surface area contributed by atoms with Gasteiger partial charge in [0.25, 0.3) is 5.91 Å². The number of carbonyl (C=O) groups is 1. The molecule has 1 rings (SSSR count). The number of nitrogens with zero attached hydrogens (tertiary/aromatic N) is 1. The number of alkyl halides is 4. The number of rotatable bonds is 6. The molecule has 0 aromatic heterocycles. The van der Waals surface area contributed by atoms with Crippen molar-refractivity contribution in [1.29, 1.82) is 0 Å². The third kappa shape index (κ3) is 4.33. The third-order valence-corrected chi connectivity index (χ3v) is 3.04. The molecule has 1 N–H and O–H groups in total. The Kier molecular flexibility index (Phi) is 5.58. The fraction of sp³-hybridized carbons (Fsp3) is 0.917. The minimum Gasteiger partial charge on any atom is -0.335 e. The van der Waals surface area contributed by atoms with E-state index >= 15 is 0 Å². The molecule has 0 saturated carbocycles. The smallest absolute Gasteiger partial charge is 0.335 e. The second-order valence-corrected chi connectivity index (χ2v) is 5.32. The van der Waals surface area contributed by atoms with Gasteiger partial charge in [0.05, 0.1) is 0 Å². The molecule has 3 nitrogen and oxygen atoms in total. The molecule has 1 unspecified atom stereocenters. The number of carbonyl (C=O) groups excluding carboxylic acids is 1. The largest absolute Gasteiger partial charge is 0.383 e. The van der Waals surface area contributed by atoms with Gasteiger partial charge >= 0.3 is 12.3 Å². The quantitative estimate of drug-likeness (QED) is 0.758. The van der Waals surface area contributed by atoms with E-state index in [0.29, 0.717) is 0 Å². The van der Waals surface area contributed by atoms with E-state index in [9.17, 15) is 22.4 Å². The lowest BCUT2D eigenvalue weighted by Gasteiger charge is -2.30. The van der Waals surface area contributed by atoms with Crippen LogP contribution in [0.1, 0.15) is 26.7 Å². The minimum absolute atomic E-state index is 0.0549. The van der Waals surface area contributed by atoms with E-state index in [4.69, 9.17) is 0 Å². The van der Waals surface area contributed by atoms with E-state index in [1.807, 2.05) is 0 Å². The Morgan fingerprint density at radius 1 is 1.42 bits per heavy atom. The van der Waals surface area contributed by atoms with Gasteiger partial charge in [-0.3, -0.25) is 4.79 Å². The average molecular weight is 284 g/mol. The van der Waals surface area contributed by atoms with Crippen molar-refractivity contribution < 1.29 is 22.4 Å². The van der Waals surface area contributed by atoms with Crippen LogP contribution in [0, 0.1) is 5.92 Å². The summed E-state index contributed by atoms with van der Waals surface area (Å²) in [6.45, 7) is 4.38. The standard InChI is InChI=1S/C12H20F4N2O/c1-8(2)6-18(7-9-4-3-5-17-9)11(19)12(15,16)10(13)14/h8-10,17H,3-7H2,1-2H3. The van der Waals surface area contributed by atoms with Gasteiger partial charge in [0.2, 0.25) is 0 Å². The molecule has 112 valence electrons. The predicted octanol–water partition coefficient (Wildman–Crippen LogP) is 2.12. The van der Waals surface area contributed by atoms with Gasteiger partial charge in [0.1, 0.15) is 0 Å². The van der Waals surface area contributed by atoms with E-state index in [0.717, 1.165) is 24.3 Å². The monoisotopic (exact) mass is 284 g/mol. The maximum absolute atomic E-state index is 13.2. The van der Waals surface area contributed by atoms with Gasteiger partial charge in [-0.25, -0.2) is 8.78 Å². The fourth-order valence-electron chi connectivity index (χ4n) is 2.16. The van der Waals surface area contributed by atoms with Crippen LogP contribution in [-0.4, -0.2) is 48.8 Å². The van der Waals surface area contributed by atoms with E-state index < -0.39 is 18.3 Å². The first-order valence-corrected chi connectivity index (χ1v) is 6.43. The van der Waals surface area contributed by atoms with Crippen molar-refractivity contribution in [2.45, 2.75) is 45.1 Å². The van der Waals surface area contributed by atoms with Crippen LogP contribution in [0.2, 0.25) is 0 Å². The van der Waals surface area contributed by atoms with Crippen LogP contribution in [0.4, 0.5) is 17.6 Å². The van der Waals surface area contributed by atoms with Crippen molar-refractivity contribution in [1.82, 2.24) is 10.2 Å². The molecule has 1 amide bonds. The predicted molar refractivity (Wildman–Crippen MR) is 63.4 cm³/mol. The van der Waals surface area contributed by atoms with Gasteiger partial charge in [-0.15, -0.1) is 0 Å². The Hall–Kier alpha value is -0.850. The van der Waals surface area contributed by atoms with E-state index in [-0.39, 0.29) is 25.0 Å². The number of nitrogens with one attached hydrogen (secondary N) is 1. The number of hydrogen-bond acceptors (Lipinski definition) is 2. The molecule has 0 spiro atoms. The van der Waals surface area contributed by atoms with E-state index in [1.54, 1.807) is 13.8 Å². The highest BCUT2D eigenvalue weighted by Gasteiger charge is 2.51. The molecule has 1 atom stereocenters. The molecule has 19 heavy (non-hydrogen) atoms. The maximum Gasteiger partial charge on any atom is 0.383 e. The van der Waals surface area contributed by atoms with Gasteiger partial charge in [0, 0.05) is 19.1 Å². The SMILES string of the molecule is CC(C)CN(CC1CCCN1)C(=O)C(F)(F)C(F)F. The van der Waals surface area contributed by atoms with Crippen molar-refractivity contribution >= 4 is 5.91 Å². The lowest BCUT2D eigenvalue weighted by molar-refractivity contribution is -0.181.